The zero-order valence-electron chi connectivity index (χ0n) is 23.3. The lowest BCUT2D eigenvalue weighted by Gasteiger charge is -2.35. The third-order valence-corrected chi connectivity index (χ3v) is 8.23. The average molecular weight is 585 g/mol. The van der Waals surface area contributed by atoms with Gasteiger partial charge in [0.05, 0.1) is 31.4 Å². The molecule has 42 heavy (non-hydrogen) atoms. The summed E-state index contributed by atoms with van der Waals surface area (Å²) in [4.78, 5) is 42.1. The Bertz CT molecular complexity index is 1440. The van der Waals surface area contributed by atoms with Crippen LogP contribution in [0.5, 0.6) is 0 Å². The van der Waals surface area contributed by atoms with Gasteiger partial charge in [-0.05, 0) is 44.2 Å². The molecule has 1 saturated carbocycles. The number of alkyl carbamates (subject to hydrolysis) is 1. The molecule has 1 aliphatic carbocycles. The van der Waals surface area contributed by atoms with Crippen molar-refractivity contribution in [3.05, 3.63) is 36.2 Å². The van der Waals surface area contributed by atoms with Crippen LogP contribution in [-0.4, -0.2) is 94.5 Å². The maximum Gasteiger partial charge on any atom is 0.407 e. The van der Waals surface area contributed by atoms with E-state index in [1.54, 1.807) is 30.3 Å². The van der Waals surface area contributed by atoms with Gasteiger partial charge in [0.1, 0.15) is 17.7 Å². The second kappa shape index (κ2) is 12.0. The Kier molecular flexibility index (Phi) is 8.05. The minimum atomic E-state index is -2.79. The lowest BCUT2D eigenvalue weighted by molar-refractivity contribution is -0.131. The molecule has 1 aromatic carbocycles. The number of imidazole rings is 1. The number of hydrogen-bond donors (Lipinski definition) is 2. The Morgan fingerprint density at radius 2 is 1.76 bits per heavy atom. The normalized spacial score (nSPS) is 23.0. The Morgan fingerprint density at radius 1 is 1.02 bits per heavy atom. The predicted molar refractivity (Wildman–Crippen MR) is 150 cm³/mol. The molecule has 2 amide bonds. The zero-order chi connectivity index (χ0) is 29.2. The second-order valence-corrected chi connectivity index (χ2v) is 10.8. The molecule has 14 heteroatoms. The van der Waals surface area contributed by atoms with Crippen molar-refractivity contribution in [3.8, 4) is 5.82 Å². The highest BCUT2D eigenvalue weighted by Gasteiger charge is 2.38. The number of benzene rings is 1. The SMILES string of the molecule is COC(=O)N[C@@H]1CCN(C2CCC(Nc3nc(N4CCOCC4)cc(-n4c(C(F)F)nc5ccccc54)n3)CC2)C1=O. The molecule has 2 N–H and O–H groups in total. The van der Waals surface area contributed by atoms with E-state index in [-0.39, 0.29) is 23.8 Å². The fraction of sp³-hybridized carbons (Fsp3) is 0.536. The number of para-hydroxylation sites is 2. The van der Waals surface area contributed by atoms with Gasteiger partial charge in [-0.3, -0.25) is 9.36 Å². The quantitative estimate of drug-likeness (QED) is 0.430. The summed E-state index contributed by atoms with van der Waals surface area (Å²) in [6.07, 6.45) is 0.284. The Morgan fingerprint density at radius 3 is 2.50 bits per heavy atom. The summed E-state index contributed by atoms with van der Waals surface area (Å²) in [5.41, 5.74) is 1.01. The first-order valence-corrected chi connectivity index (χ1v) is 14.3. The number of halogens is 2. The molecule has 2 aliphatic heterocycles. The maximum atomic E-state index is 14.2. The van der Waals surface area contributed by atoms with Crippen LogP contribution in [0.1, 0.15) is 44.4 Å². The number of likely N-dealkylation sites (tertiary alicyclic amines) is 1. The van der Waals surface area contributed by atoms with E-state index in [0.29, 0.717) is 67.9 Å². The van der Waals surface area contributed by atoms with Gasteiger partial charge in [-0.2, -0.15) is 9.97 Å². The van der Waals surface area contributed by atoms with Crippen molar-refractivity contribution in [2.75, 3.05) is 50.2 Å². The molecule has 3 aliphatic rings. The van der Waals surface area contributed by atoms with Crippen LogP contribution in [0, 0.1) is 0 Å². The van der Waals surface area contributed by atoms with Crippen molar-refractivity contribution in [1.82, 2.24) is 29.7 Å². The summed E-state index contributed by atoms with van der Waals surface area (Å²) in [7, 11) is 1.28. The number of methoxy groups -OCH3 is 1. The number of carbonyl (C=O) groups excluding carboxylic acids is 2. The molecule has 3 fully saturated rings. The zero-order valence-corrected chi connectivity index (χ0v) is 23.3. The molecule has 2 saturated heterocycles. The number of rotatable bonds is 7. The number of nitrogens with one attached hydrogen (secondary N) is 2. The largest absolute Gasteiger partial charge is 0.453 e. The van der Waals surface area contributed by atoms with Crippen LogP contribution in [0.15, 0.2) is 30.3 Å². The molecule has 224 valence electrons. The first-order valence-electron chi connectivity index (χ1n) is 14.3. The van der Waals surface area contributed by atoms with Crippen molar-refractivity contribution in [2.45, 2.75) is 56.7 Å². The smallest absolute Gasteiger partial charge is 0.407 e. The summed E-state index contributed by atoms with van der Waals surface area (Å²) in [5, 5.41) is 6.06. The van der Waals surface area contributed by atoms with Gasteiger partial charge in [0.2, 0.25) is 11.9 Å². The van der Waals surface area contributed by atoms with Gasteiger partial charge >= 0.3 is 6.09 Å². The summed E-state index contributed by atoms with van der Waals surface area (Å²) in [6.45, 7) is 2.95. The summed E-state index contributed by atoms with van der Waals surface area (Å²) < 4.78 is 39.9. The van der Waals surface area contributed by atoms with Gasteiger partial charge < -0.3 is 29.9 Å². The van der Waals surface area contributed by atoms with Gasteiger partial charge in [0.25, 0.3) is 6.43 Å². The number of aromatic nitrogens is 4. The highest BCUT2D eigenvalue weighted by Crippen LogP contribution is 2.31. The molecule has 1 atom stereocenters. The number of anilines is 2. The third-order valence-electron chi connectivity index (χ3n) is 8.23. The molecule has 3 aromatic rings. The van der Waals surface area contributed by atoms with Crippen LogP contribution in [0.4, 0.5) is 25.3 Å². The van der Waals surface area contributed by atoms with Crippen LogP contribution in [0.3, 0.4) is 0 Å². The molecule has 6 rings (SSSR count). The van der Waals surface area contributed by atoms with E-state index in [1.807, 2.05) is 4.90 Å². The van der Waals surface area contributed by atoms with Gasteiger partial charge in [0, 0.05) is 37.8 Å². The molecule has 0 unspecified atom stereocenters. The fourth-order valence-corrected chi connectivity index (χ4v) is 6.10. The number of alkyl halides is 2. The Labute approximate surface area is 241 Å². The van der Waals surface area contributed by atoms with Crippen LogP contribution in [-0.2, 0) is 14.3 Å². The van der Waals surface area contributed by atoms with E-state index in [9.17, 15) is 18.4 Å². The average Bonchev–Trinajstić information content (AvgIpc) is 3.58. The van der Waals surface area contributed by atoms with Gasteiger partial charge in [-0.1, -0.05) is 12.1 Å². The number of morpholine rings is 1. The first kappa shape index (κ1) is 28.1. The van der Waals surface area contributed by atoms with E-state index in [2.05, 4.69) is 25.3 Å². The van der Waals surface area contributed by atoms with E-state index in [1.165, 1.54) is 11.7 Å². The Balaban J connectivity index is 1.22. The summed E-state index contributed by atoms with van der Waals surface area (Å²) >= 11 is 0. The van der Waals surface area contributed by atoms with Crippen LogP contribution < -0.4 is 15.5 Å². The number of amides is 2. The molecular weight excluding hydrogens is 550 g/mol. The van der Waals surface area contributed by atoms with E-state index in [4.69, 9.17) is 14.7 Å². The lowest BCUT2D eigenvalue weighted by atomic mass is 9.90. The monoisotopic (exact) mass is 584 g/mol. The number of carbonyl (C=O) groups is 2. The van der Waals surface area contributed by atoms with E-state index in [0.717, 1.165) is 25.7 Å². The van der Waals surface area contributed by atoms with Crippen LogP contribution in [0.25, 0.3) is 16.9 Å². The summed E-state index contributed by atoms with van der Waals surface area (Å²) in [5.74, 6) is 0.854. The van der Waals surface area contributed by atoms with Crippen LogP contribution in [0.2, 0.25) is 0 Å². The minimum absolute atomic E-state index is 0.0461. The molecular formula is C28H34F2N8O4. The summed E-state index contributed by atoms with van der Waals surface area (Å²) in [6, 6.07) is 8.32. The van der Waals surface area contributed by atoms with Crippen molar-refractivity contribution in [2.24, 2.45) is 0 Å². The van der Waals surface area contributed by atoms with Crippen LogP contribution >= 0.6 is 0 Å². The van der Waals surface area contributed by atoms with Crippen molar-refractivity contribution >= 4 is 34.8 Å². The fourth-order valence-electron chi connectivity index (χ4n) is 6.10. The number of ether oxygens (including phenoxy) is 2. The van der Waals surface area contributed by atoms with Crippen molar-refractivity contribution in [1.29, 1.82) is 0 Å². The number of nitrogens with zero attached hydrogens (tertiary/aromatic N) is 6. The van der Waals surface area contributed by atoms with Gasteiger partial charge in [-0.25, -0.2) is 18.6 Å². The number of hydrogen-bond acceptors (Lipinski definition) is 9. The highest BCUT2D eigenvalue weighted by molar-refractivity contribution is 5.87. The standard InChI is InChI=1S/C28H34F2N8O4/c1-41-28(40)33-20-10-11-37(26(20)39)18-8-6-17(7-9-18)31-27-34-22(36-12-14-42-15-13-36)16-23(35-27)38-21-5-3-2-4-19(21)32-25(38)24(29)30/h2-5,16-18,20,24H,6-15H2,1H3,(H,33,40)(H,31,34,35)/t17?,18?,20-/m1/s1. The predicted octanol–water partition coefficient (Wildman–Crippen LogP) is 3.27. The Hall–Kier alpha value is -4.07. The van der Waals surface area contributed by atoms with Gasteiger partial charge in [-0.15, -0.1) is 0 Å². The van der Waals surface area contributed by atoms with E-state index < -0.39 is 18.6 Å². The van der Waals surface area contributed by atoms with Crippen molar-refractivity contribution in [3.63, 3.8) is 0 Å². The maximum absolute atomic E-state index is 14.2. The lowest BCUT2D eigenvalue weighted by Crippen LogP contribution is -2.46. The number of fused-ring (bicyclic) bond motifs is 1. The van der Waals surface area contributed by atoms with Gasteiger partial charge in [0.15, 0.2) is 5.82 Å². The van der Waals surface area contributed by atoms with E-state index >= 15 is 0 Å². The second-order valence-electron chi connectivity index (χ2n) is 10.8. The minimum Gasteiger partial charge on any atom is -0.453 e. The first-order chi connectivity index (χ1) is 20.4. The molecule has 2 aromatic heterocycles. The molecule has 4 heterocycles. The topological polar surface area (TPSA) is 127 Å². The third kappa shape index (κ3) is 5.67. The van der Waals surface area contributed by atoms with Crippen molar-refractivity contribution < 1.29 is 27.8 Å². The molecule has 0 radical (unpaired) electrons. The molecule has 0 spiro atoms. The molecule has 0 bridgehead atoms. The highest BCUT2D eigenvalue weighted by atomic mass is 19.3. The molecule has 12 nitrogen and oxygen atoms in total.